The Balaban J connectivity index is 2.96. The summed E-state index contributed by atoms with van der Waals surface area (Å²) in [5.41, 5.74) is 8.18. The van der Waals surface area contributed by atoms with Crippen LogP contribution in [0.25, 0.3) is 0 Å². The van der Waals surface area contributed by atoms with Gasteiger partial charge in [-0.1, -0.05) is 31.2 Å². The maximum absolute atomic E-state index is 12.1. The largest absolute Gasteiger partial charge is 0.323 e. The highest BCUT2D eigenvalue weighted by atomic mass is 32.2. The van der Waals surface area contributed by atoms with Crippen LogP contribution in [-0.2, 0) is 16.3 Å². The molecule has 2 unspecified atom stereocenters. The van der Waals surface area contributed by atoms with Gasteiger partial charge in [0.1, 0.15) is 0 Å². The molecule has 1 rings (SSSR count). The normalized spacial score (nSPS) is 15.7. The zero-order valence-electron chi connectivity index (χ0n) is 11.6. The predicted molar refractivity (Wildman–Crippen MR) is 76.3 cm³/mol. The molecular weight excluding hydrogens is 246 g/mol. The van der Waals surface area contributed by atoms with Gasteiger partial charge < -0.3 is 5.73 Å². The van der Waals surface area contributed by atoms with Crippen LogP contribution in [0.2, 0.25) is 0 Å². The van der Waals surface area contributed by atoms with Gasteiger partial charge in [-0.25, -0.2) is 8.42 Å². The molecule has 4 heteroatoms. The first-order valence-electron chi connectivity index (χ1n) is 6.37. The van der Waals surface area contributed by atoms with Gasteiger partial charge in [-0.3, -0.25) is 0 Å². The topological polar surface area (TPSA) is 60.2 Å². The average molecular weight is 269 g/mol. The van der Waals surface area contributed by atoms with Crippen LogP contribution in [0.15, 0.2) is 24.3 Å². The maximum atomic E-state index is 12.1. The Hall–Kier alpha value is -0.870. The van der Waals surface area contributed by atoms with Crippen molar-refractivity contribution in [3.63, 3.8) is 0 Å². The highest BCUT2D eigenvalue weighted by Gasteiger charge is 2.30. The first kappa shape index (κ1) is 15.2. The Morgan fingerprint density at radius 3 is 2.00 bits per heavy atom. The molecule has 18 heavy (non-hydrogen) atoms. The summed E-state index contributed by atoms with van der Waals surface area (Å²) in [6.07, 6.45) is 0.968. The molecule has 3 nitrogen and oxygen atoms in total. The molecule has 0 spiro atoms. The van der Waals surface area contributed by atoms with E-state index in [1.165, 1.54) is 5.56 Å². The Kier molecular flexibility index (Phi) is 4.93. The summed E-state index contributed by atoms with van der Waals surface area (Å²) in [7, 11) is -3.16. The lowest BCUT2D eigenvalue weighted by Crippen LogP contribution is -2.35. The smallest absolute Gasteiger partial charge is 0.157 e. The van der Waals surface area contributed by atoms with Crippen LogP contribution < -0.4 is 5.73 Å². The molecule has 2 N–H and O–H groups in total. The van der Waals surface area contributed by atoms with Gasteiger partial charge in [0.2, 0.25) is 0 Å². The van der Waals surface area contributed by atoms with E-state index in [4.69, 9.17) is 5.73 Å². The summed E-state index contributed by atoms with van der Waals surface area (Å²) < 4.78 is 24.2. The van der Waals surface area contributed by atoms with Gasteiger partial charge >= 0.3 is 0 Å². The van der Waals surface area contributed by atoms with Gasteiger partial charge in [0.05, 0.1) is 10.5 Å². The van der Waals surface area contributed by atoms with E-state index in [1.54, 1.807) is 20.8 Å². The van der Waals surface area contributed by atoms with E-state index in [9.17, 15) is 8.42 Å². The third-order valence-corrected chi connectivity index (χ3v) is 6.10. The first-order valence-corrected chi connectivity index (χ1v) is 7.98. The van der Waals surface area contributed by atoms with Crippen LogP contribution in [-0.4, -0.2) is 18.9 Å². The third kappa shape index (κ3) is 3.12. The molecule has 0 radical (unpaired) electrons. The molecule has 0 aromatic heterocycles. The first-order chi connectivity index (χ1) is 8.30. The minimum Gasteiger partial charge on any atom is -0.323 e. The fraction of sp³-hybridized carbons (Fsp3) is 0.571. The Morgan fingerprint density at radius 1 is 1.11 bits per heavy atom. The molecule has 0 amide bonds. The summed E-state index contributed by atoms with van der Waals surface area (Å²) >= 11 is 0. The monoisotopic (exact) mass is 269 g/mol. The molecule has 0 bridgehead atoms. The molecule has 0 aliphatic heterocycles. The lowest BCUT2D eigenvalue weighted by Gasteiger charge is -2.22. The quantitative estimate of drug-likeness (QED) is 0.893. The van der Waals surface area contributed by atoms with Crippen molar-refractivity contribution in [2.24, 2.45) is 5.73 Å². The molecule has 1 aromatic carbocycles. The summed E-state index contributed by atoms with van der Waals surface area (Å²) in [4.78, 5) is 0. The number of hydrogen-bond acceptors (Lipinski definition) is 3. The molecule has 0 heterocycles. The number of hydrogen-bond donors (Lipinski definition) is 1. The number of sulfone groups is 1. The second-order valence-electron chi connectivity index (χ2n) is 4.96. The summed E-state index contributed by atoms with van der Waals surface area (Å²) in [6, 6.07) is 7.39. The zero-order chi connectivity index (χ0) is 13.9. The molecule has 0 aliphatic rings. The summed E-state index contributed by atoms with van der Waals surface area (Å²) in [5, 5.41) is -0.960. The predicted octanol–water partition coefficient (Wildman–Crippen LogP) is 2.46. The molecule has 0 saturated carbocycles. The van der Waals surface area contributed by atoms with E-state index in [0.717, 1.165) is 12.0 Å². The van der Waals surface area contributed by atoms with E-state index in [1.807, 2.05) is 24.3 Å². The van der Waals surface area contributed by atoms with Crippen LogP contribution in [0, 0.1) is 0 Å². The highest BCUT2D eigenvalue weighted by Crippen LogP contribution is 2.23. The minimum atomic E-state index is -3.16. The Bertz CT molecular complexity index is 477. The molecule has 0 aliphatic carbocycles. The van der Waals surface area contributed by atoms with Crippen LogP contribution in [0.3, 0.4) is 0 Å². The van der Waals surface area contributed by atoms with Gasteiger partial charge in [-0.05, 0) is 38.3 Å². The number of aryl methyl sites for hydroxylation is 1. The number of nitrogens with two attached hydrogens (primary N) is 1. The summed E-state index contributed by atoms with van der Waals surface area (Å²) in [6.45, 7) is 7.16. The van der Waals surface area contributed by atoms with Crippen molar-refractivity contribution in [3.8, 4) is 0 Å². The fourth-order valence-electron chi connectivity index (χ4n) is 1.88. The number of rotatable bonds is 5. The SMILES string of the molecule is CCc1ccc(C(N)C(C)S(=O)(=O)C(C)C)cc1. The molecule has 0 fully saturated rings. The van der Waals surface area contributed by atoms with Crippen molar-refractivity contribution >= 4 is 9.84 Å². The summed E-state index contributed by atoms with van der Waals surface area (Å²) in [5.74, 6) is 0. The van der Waals surface area contributed by atoms with Crippen LogP contribution in [0.5, 0.6) is 0 Å². The van der Waals surface area contributed by atoms with Crippen molar-refractivity contribution in [1.29, 1.82) is 0 Å². The second kappa shape index (κ2) is 5.85. The van der Waals surface area contributed by atoms with Crippen LogP contribution in [0.4, 0.5) is 0 Å². The lowest BCUT2D eigenvalue weighted by atomic mass is 10.0. The van der Waals surface area contributed by atoms with E-state index in [2.05, 4.69) is 6.92 Å². The van der Waals surface area contributed by atoms with Gasteiger partial charge in [-0.15, -0.1) is 0 Å². The van der Waals surface area contributed by atoms with Gasteiger partial charge in [-0.2, -0.15) is 0 Å². The van der Waals surface area contributed by atoms with E-state index >= 15 is 0 Å². The van der Waals surface area contributed by atoms with E-state index < -0.39 is 26.4 Å². The maximum Gasteiger partial charge on any atom is 0.157 e. The molecular formula is C14H23NO2S. The third-order valence-electron chi connectivity index (χ3n) is 3.45. The minimum absolute atomic E-state index is 0.395. The van der Waals surface area contributed by atoms with E-state index in [0.29, 0.717) is 0 Å². The number of benzene rings is 1. The fourth-order valence-corrected chi connectivity index (χ4v) is 3.30. The molecule has 2 atom stereocenters. The van der Waals surface area contributed by atoms with Crippen molar-refractivity contribution in [3.05, 3.63) is 35.4 Å². The van der Waals surface area contributed by atoms with Crippen molar-refractivity contribution in [1.82, 2.24) is 0 Å². The van der Waals surface area contributed by atoms with Gasteiger partial charge in [0, 0.05) is 6.04 Å². The molecule has 1 aromatic rings. The van der Waals surface area contributed by atoms with E-state index in [-0.39, 0.29) is 0 Å². The van der Waals surface area contributed by atoms with Crippen molar-refractivity contribution < 1.29 is 8.42 Å². The average Bonchev–Trinajstić information content (AvgIpc) is 2.36. The standard InChI is InChI=1S/C14H23NO2S/c1-5-12-6-8-13(9-7-12)14(15)11(4)18(16,17)10(2)3/h6-11,14H,5,15H2,1-4H3. The Labute approximate surface area is 110 Å². The van der Waals surface area contributed by atoms with Gasteiger partial charge in [0.15, 0.2) is 9.84 Å². The second-order valence-corrected chi connectivity index (χ2v) is 7.83. The highest BCUT2D eigenvalue weighted by molar-refractivity contribution is 7.92. The van der Waals surface area contributed by atoms with Crippen LogP contribution >= 0.6 is 0 Å². The van der Waals surface area contributed by atoms with Gasteiger partial charge in [0.25, 0.3) is 0 Å². The lowest BCUT2D eigenvalue weighted by molar-refractivity contribution is 0.556. The zero-order valence-corrected chi connectivity index (χ0v) is 12.4. The van der Waals surface area contributed by atoms with Crippen molar-refractivity contribution in [2.75, 3.05) is 0 Å². The molecule has 102 valence electrons. The van der Waals surface area contributed by atoms with Crippen LogP contribution in [0.1, 0.15) is 44.9 Å². The molecule has 0 saturated heterocycles. The Morgan fingerprint density at radius 2 is 1.61 bits per heavy atom. The van der Waals surface area contributed by atoms with Crippen molar-refractivity contribution in [2.45, 2.75) is 50.7 Å².